The van der Waals surface area contributed by atoms with Gasteiger partial charge in [0.2, 0.25) is 0 Å². The number of benzene rings is 1. The molecule has 1 aromatic carbocycles. The van der Waals surface area contributed by atoms with Crippen molar-refractivity contribution in [2.24, 2.45) is 0 Å². The van der Waals surface area contributed by atoms with E-state index in [2.05, 4.69) is 5.32 Å². The number of aryl methyl sites for hydroxylation is 1. The van der Waals surface area contributed by atoms with Gasteiger partial charge in [0.25, 0.3) is 0 Å². The predicted octanol–water partition coefficient (Wildman–Crippen LogP) is 2.34. The quantitative estimate of drug-likeness (QED) is 0.656. The molecule has 0 spiro atoms. The Kier molecular flexibility index (Phi) is 4.96. The lowest BCUT2D eigenvalue weighted by Gasteiger charge is -2.19. The van der Waals surface area contributed by atoms with Gasteiger partial charge in [0.05, 0.1) is 0 Å². The summed E-state index contributed by atoms with van der Waals surface area (Å²) in [6, 6.07) is 4.75. The van der Waals surface area contributed by atoms with E-state index in [-0.39, 0.29) is 18.0 Å². The number of amides is 1. The lowest BCUT2D eigenvalue weighted by atomic mass is 10.1. The molecule has 1 rings (SSSR count). The third-order valence-corrected chi connectivity index (χ3v) is 2.28. The molecule has 0 unspecified atom stereocenters. The number of esters is 1. The number of phenolic OH excluding ortho intramolecular Hbond substituents is 1. The van der Waals surface area contributed by atoms with E-state index in [1.54, 1.807) is 39.8 Å². The zero-order valence-electron chi connectivity index (χ0n) is 12.0. The van der Waals surface area contributed by atoms with Crippen LogP contribution in [0.25, 0.3) is 0 Å². The smallest absolute Gasteiger partial charge is 0.410 e. The molecule has 6 nitrogen and oxygen atoms in total. The van der Waals surface area contributed by atoms with Crippen molar-refractivity contribution in [3.8, 4) is 5.75 Å². The topological polar surface area (TPSA) is 84.9 Å². The van der Waals surface area contributed by atoms with E-state index in [1.165, 1.54) is 6.07 Å². The van der Waals surface area contributed by atoms with Gasteiger partial charge in [0, 0.05) is 0 Å². The molecule has 0 aromatic heterocycles. The molecule has 0 radical (unpaired) electrons. The Balaban J connectivity index is 2.48. The SMILES string of the molecule is Cc1cccc(C(=O)OCNC(=O)OC(C)(C)C)c1O. The fourth-order valence-electron chi connectivity index (χ4n) is 1.38. The number of aromatic hydroxyl groups is 1. The minimum atomic E-state index is -0.720. The molecule has 2 N–H and O–H groups in total. The minimum Gasteiger partial charge on any atom is -0.507 e. The van der Waals surface area contributed by atoms with Gasteiger partial charge in [-0.05, 0) is 39.3 Å². The number of phenols is 1. The summed E-state index contributed by atoms with van der Waals surface area (Å²) < 4.78 is 9.82. The molecular weight excluding hydrogens is 262 g/mol. The van der Waals surface area contributed by atoms with E-state index in [0.717, 1.165) is 0 Å². The standard InChI is InChI=1S/C14H19NO5/c1-9-6-5-7-10(11(9)16)12(17)19-8-15-13(18)20-14(2,3)4/h5-7,16H,8H2,1-4H3,(H,15,18). The molecular formula is C14H19NO5. The van der Waals surface area contributed by atoms with Gasteiger partial charge in [0.1, 0.15) is 16.9 Å². The van der Waals surface area contributed by atoms with Crippen LogP contribution >= 0.6 is 0 Å². The van der Waals surface area contributed by atoms with Crippen LogP contribution < -0.4 is 5.32 Å². The molecule has 0 heterocycles. The first-order chi connectivity index (χ1) is 9.20. The molecule has 0 atom stereocenters. The first-order valence-electron chi connectivity index (χ1n) is 6.13. The van der Waals surface area contributed by atoms with Crippen molar-refractivity contribution in [3.05, 3.63) is 29.3 Å². The second-order valence-electron chi connectivity index (χ2n) is 5.23. The van der Waals surface area contributed by atoms with E-state index < -0.39 is 17.7 Å². The normalized spacial score (nSPS) is 10.8. The average molecular weight is 281 g/mol. The van der Waals surface area contributed by atoms with Crippen molar-refractivity contribution in [2.75, 3.05) is 6.73 Å². The summed E-state index contributed by atoms with van der Waals surface area (Å²) in [6.45, 7) is 6.52. The summed E-state index contributed by atoms with van der Waals surface area (Å²) in [7, 11) is 0. The Morgan fingerprint density at radius 3 is 2.55 bits per heavy atom. The number of hydrogen-bond acceptors (Lipinski definition) is 5. The largest absolute Gasteiger partial charge is 0.507 e. The molecule has 0 saturated heterocycles. The Hall–Kier alpha value is -2.24. The zero-order valence-corrected chi connectivity index (χ0v) is 12.0. The number of alkyl carbamates (subject to hydrolysis) is 1. The van der Waals surface area contributed by atoms with Gasteiger partial charge in [-0.15, -0.1) is 0 Å². The van der Waals surface area contributed by atoms with Crippen LogP contribution in [0.5, 0.6) is 5.75 Å². The third kappa shape index (κ3) is 4.79. The molecule has 20 heavy (non-hydrogen) atoms. The number of hydrogen-bond donors (Lipinski definition) is 2. The van der Waals surface area contributed by atoms with E-state index >= 15 is 0 Å². The van der Waals surface area contributed by atoms with Crippen LogP contribution in [0.2, 0.25) is 0 Å². The minimum absolute atomic E-state index is 0.0518. The third-order valence-electron chi connectivity index (χ3n) is 2.28. The Morgan fingerprint density at radius 1 is 1.30 bits per heavy atom. The van der Waals surface area contributed by atoms with Gasteiger partial charge in [0.15, 0.2) is 6.73 Å². The highest BCUT2D eigenvalue weighted by Gasteiger charge is 2.17. The summed E-state index contributed by atoms with van der Waals surface area (Å²) >= 11 is 0. The van der Waals surface area contributed by atoms with Crippen LogP contribution in [0, 0.1) is 6.92 Å². The molecule has 6 heteroatoms. The maximum absolute atomic E-state index is 11.7. The van der Waals surface area contributed by atoms with Crippen molar-refractivity contribution in [1.29, 1.82) is 0 Å². The van der Waals surface area contributed by atoms with Crippen LogP contribution in [0.4, 0.5) is 4.79 Å². The highest BCUT2D eigenvalue weighted by Crippen LogP contribution is 2.21. The number of carbonyl (C=O) groups is 2. The Morgan fingerprint density at radius 2 is 1.95 bits per heavy atom. The monoisotopic (exact) mass is 281 g/mol. The van der Waals surface area contributed by atoms with E-state index in [9.17, 15) is 14.7 Å². The van der Waals surface area contributed by atoms with Gasteiger partial charge in [-0.2, -0.15) is 0 Å². The average Bonchev–Trinajstić information content (AvgIpc) is 2.30. The molecule has 1 aromatic rings. The Bertz CT molecular complexity index is 505. The first-order valence-corrected chi connectivity index (χ1v) is 6.13. The maximum Gasteiger partial charge on any atom is 0.410 e. The van der Waals surface area contributed by atoms with Crippen molar-refractivity contribution in [3.63, 3.8) is 0 Å². The van der Waals surface area contributed by atoms with Crippen LogP contribution in [-0.2, 0) is 9.47 Å². The molecule has 0 fully saturated rings. The maximum atomic E-state index is 11.7. The van der Waals surface area contributed by atoms with E-state index in [4.69, 9.17) is 9.47 Å². The molecule has 0 bridgehead atoms. The van der Waals surface area contributed by atoms with Gasteiger partial charge in [-0.1, -0.05) is 12.1 Å². The molecule has 110 valence electrons. The summed E-state index contributed by atoms with van der Waals surface area (Å²) in [5.74, 6) is -0.850. The molecule has 0 aliphatic carbocycles. The second kappa shape index (κ2) is 6.27. The van der Waals surface area contributed by atoms with Crippen molar-refractivity contribution in [1.82, 2.24) is 5.32 Å². The van der Waals surface area contributed by atoms with Crippen LogP contribution in [0.3, 0.4) is 0 Å². The van der Waals surface area contributed by atoms with E-state index in [0.29, 0.717) is 5.56 Å². The fraction of sp³-hybridized carbons (Fsp3) is 0.429. The number of rotatable bonds is 3. The van der Waals surface area contributed by atoms with Gasteiger partial charge in [-0.3, -0.25) is 5.32 Å². The van der Waals surface area contributed by atoms with Gasteiger partial charge in [-0.25, -0.2) is 9.59 Å². The lowest BCUT2D eigenvalue weighted by Crippen LogP contribution is -2.34. The highest BCUT2D eigenvalue weighted by molar-refractivity contribution is 5.92. The number of carbonyl (C=O) groups excluding carboxylic acids is 2. The summed E-state index contributed by atoms with van der Waals surface area (Å²) in [4.78, 5) is 23.0. The van der Waals surface area contributed by atoms with Gasteiger partial charge < -0.3 is 14.6 Å². The predicted molar refractivity (Wildman–Crippen MR) is 72.5 cm³/mol. The van der Waals surface area contributed by atoms with E-state index in [1.807, 2.05) is 0 Å². The molecule has 0 saturated carbocycles. The van der Waals surface area contributed by atoms with Crippen LogP contribution in [0.1, 0.15) is 36.7 Å². The van der Waals surface area contributed by atoms with Crippen molar-refractivity contribution in [2.45, 2.75) is 33.3 Å². The zero-order chi connectivity index (χ0) is 15.3. The van der Waals surface area contributed by atoms with Crippen molar-refractivity contribution >= 4 is 12.1 Å². The molecule has 1 amide bonds. The van der Waals surface area contributed by atoms with Gasteiger partial charge >= 0.3 is 12.1 Å². The summed E-state index contributed by atoms with van der Waals surface area (Å²) in [6.07, 6.45) is -0.682. The second-order valence-corrected chi connectivity index (χ2v) is 5.23. The van der Waals surface area contributed by atoms with Crippen LogP contribution in [-0.4, -0.2) is 29.5 Å². The molecule has 0 aliphatic rings. The summed E-state index contributed by atoms with van der Waals surface area (Å²) in [5, 5.41) is 12.0. The molecule has 0 aliphatic heterocycles. The fourth-order valence-corrected chi connectivity index (χ4v) is 1.38. The van der Waals surface area contributed by atoms with Crippen LogP contribution in [0.15, 0.2) is 18.2 Å². The number of ether oxygens (including phenoxy) is 2. The Labute approximate surface area is 117 Å². The summed E-state index contributed by atoms with van der Waals surface area (Å²) in [5.41, 5.74) is -0.00125. The highest BCUT2D eigenvalue weighted by atomic mass is 16.6. The number of para-hydroxylation sites is 1. The lowest BCUT2D eigenvalue weighted by molar-refractivity contribution is 0.0339. The number of nitrogens with one attached hydrogen (secondary N) is 1. The first kappa shape index (κ1) is 15.8. The van der Waals surface area contributed by atoms with Crippen molar-refractivity contribution < 1.29 is 24.2 Å².